The lowest BCUT2D eigenvalue weighted by Gasteiger charge is -2.38. The van der Waals surface area contributed by atoms with Gasteiger partial charge in [0.15, 0.2) is 0 Å². The summed E-state index contributed by atoms with van der Waals surface area (Å²) in [5.74, 6) is 0.768. The van der Waals surface area contributed by atoms with Crippen LogP contribution in [0.4, 0.5) is 5.69 Å². The Bertz CT molecular complexity index is 686. The fraction of sp³-hybridized carbons (Fsp3) is 0.450. The maximum atomic E-state index is 12.5. The molecule has 1 aliphatic heterocycles. The number of thiophene rings is 1. The second kappa shape index (κ2) is 7.39. The third kappa shape index (κ3) is 3.64. The molecule has 2 heterocycles. The first-order chi connectivity index (χ1) is 11.6. The predicted molar refractivity (Wildman–Crippen MR) is 102 cm³/mol. The molecule has 2 aromatic rings. The third-order valence-corrected chi connectivity index (χ3v) is 5.62. The highest BCUT2D eigenvalue weighted by molar-refractivity contribution is 7.10. The normalized spacial score (nSPS) is 15.2. The van der Waals surface area contributed by atoms with Crippen molar-refractivity contribution in [2.75, 3.05) is 31.1 Å². The zero-order chi connectivity index (χ0) is 17.1. The number of benzene rings is 1. The molecule has 0 aliphatic carbocycles. The van der Waals surface area contributed by atoms with E-state index in [2.05, 4.69) is 43.9 Å². The minimum Gasteiger partial charge on any atom is -0.368 e. The Morgan fingerprint density at radius 2 is 1.88 bits per heavy atom. The van der Waals surface area contributed by atoms with Gasteiger partial charge in [-0.2, -0.15) is 0 Å². The van der Waals surface area contributed by atoms with Gasteiger partial charge in [-0.3, -0.25) is 4.79 Å². The lowest BCUT2D eigenvalue weighted by molar-refractivity contribution is -0.130. The van der Waals surface area contributed by atoms with Gasteiger partial charge in [-0.25, -0.2) is 0 Å². The van der Waals surface area contributed by atoms with Crippen molar-refractivity contribution in [1.29, 1.82) is 0 Å². The Morgan fingerprint density at radius 1 is 1.12 bits per heavy atom. The number of hydrogen-bond donors (Lipinski definition) is 0. The van der Waals surface area contributed by atoms with Crippen LogP contribution in [0.15, 0.2) is 35.7 Å². The smallest absolute Gasteiger partial charge is 0.227 e. The molecule has 24 heavy (non-hydrogen) atoms. The molecule has 1 amide bonds. The molecule has 1 aromatic carbocycles. The van der Waals surface area contributed by atoms with E-state index in [9.17, 15) is 4.79 Å². The molecule has 3 rings (SSSR count). The van der Waals surface area contributed by atoms with Gasteiger partial charge in [0.1, 0.15) is 0 Å². The molecule has 0 saturated carbocycles. The van der Waals surface area contributed by atoms with Gasteiger partial charge in [-0.05, 0) is 35.4 Å². The molecule has 0 radical (unpaired) electrons. The number of carbonyl (C=O) groups excluding carboxylic acids is 1. The van der Waals surface area contributed by atoms with Crippen LogP contribution in [0, 0.1) is 6.92 Å². The van der Waals surface area contributed by atoms with Gasteiger partial charge in [-0.1, -0.05) is 38.1 Å². The first kappa shape index (κ1) is 17.0. The third-order valence-electron chi connectivity index (χ3n) is 4.75. The monoisotopic (exact) mass is 342 g/mol. The topological polar surface area (TPSA) is 23.6 Å². The molecule has 1 fully saturated rings. The Labute approximate surface area is 148 Å². The minimum absolute atomic E-state index is 0.256. The zero-order valence-electron chi connectivity index (χ0n) is 14.8. The van der Waals surface area contributed by atoms with E-state index in [1.807, 2.05) is 22.4 Å². The lowest BCUT2D eigenvalue weighted by Crippen LogP contribution is -2.49. The number of piperazine rings is 1. The average Bonchev–Trinajstić information content (AvgIpc) is 3.07. The van der Waals surface area contributed by atoms with Crippen molar-refractivity contribution in [3.8, 4) is 0 Å². The first-order valence-corrected chi connectivity index (χ1v) is 9.59. The summed E-state index contributed by atoms with van der Waals surface area (Å²) in [6.07, 6.45) is 0.541. The number of amides is 1. The van der Waals surface area contributed by atoms with Crippen molar-refractivity contribution in [3.05, 3.63) is 51.7 Å². The van der Waals surface area contributed by atoms with E-state index in [0.29, 0.717) is 12.3 Å². The minimum atomic E-state index is 0.256. The van der Waals surface area contributed by atoms with Crippen LogP contribution in [0.25, 0.3) is 0 Å². The van der Waals surface area contributed by atoms with Gasteiger partial charge >= 0.3 is 0 Å². The highest BCUT2D eigenvalue weighted by atomic mass is 32.1. The molecule has 0 atom stereocenters. The van der Waals surface area contributed by atoms with Crippen LogP contribution in [0.2, 0.25) is 0 Å². The van der Waals surface area contributed by atoms with E-state index in [0.717, 1.165) is 31.1 Å². The van der Waals surface area contributed by atoms with Crippen LogP contribution >= 0.6 is 11.3 Å². The van der Waals surface area contributed by atoms with Crippen molar-refractivity contribution < 1.29 is 4.79 Å². The summed E-state index contributed by atoms with van der Waals surface area (Å²) in [5.41, 5.74) is 4.12. The number of aryl methyl sites for hydroxylation is 1. The van der Waals surface area contributed by atoms with Gasteiger partial charge < -0.3 is 9.80 Å². The van der Waals surface area contributed by atoms with Gasteiger partial charge in [0.25, 0.3) is 0 Å². The van der Waals surface area contributed by atoms with Crippen LogP contribution in [-0.4, -0.2) is 37.0 Å². The highest BCUT2D eigenvalue weighted by Crippen LogP contribution is 2.31. The summed E-state index contributed by atoms with van der Waals surface area (Å²) in [6.45, 7) is 10.2. The van der Waals surface area contributed by atoms with E-state index in [-0.39, 0.29) is 5.91 Å². The Kier molecular flexibility index (Phi) is 5.24. The van der Waals surface area contributed by atoms with Gasteiger partial charge in [0.05, 0.1) is 6.42 Å². The molecule has 1 aliphatic rings. The van der Waals surface area contributed by atoms with Gasteiger partial charge in [0, 0.05) is 36.7 Å². The second-order valence-corrected chi connectivity index (χ2v) is 7.82. The lowest BCUT2D eigenvalue weighted by atomic mass is 9.97. The summed E-state index contributed by atoms with van der Waals surface area (Å²) in [4.78, 5) is 18.1. The van der Waals surface area contributed by atoms with Crippen molar-refractivity contribution in [1.82, 2.24) is 4.90 Å². The molecule has 0 N–H and O–H groups in total. The zero-order valence-corrected chi connectivity index (χ0v) is 15.6. The molecule has 1 saturated heterocycles. The van der Waals surface area contributed by atoms with Crippen LogP contribution in [0.5, 0.6) is 0 Å². The quantitative estimate of drug-likeness (QED) is 0.836. The number of rotatable bonds is 4. The summed E-state index contributed by atoms with van der Waals surface area (Å²) in [7, 11) is 0. The molecule has 1 aromatic heterocycles. The fourth-order valence-electron chi connectivity index (χ4n) is 3.43. The van der Waals surface area contributed by atoms with Crippen molar-refractivity contribution in [2.45, 2.75) is 33.1 Å². The molecule has 4 heteroatoms. The first-order valence-electron chi connectivity index (χ1n) is 8.71. The van der Waals surface area contributed by atoms with Gasteiger partial charge in [-0.15, -0.1) is 11.3 Å². The Hall–Kier alpha value is -1.81. The Morgan fingerprint density at radius 3 is 2.50 bits per heavy atom. The molecular formula is C20H26N2OS. The van der Waals surface area contributed by atoms with Crippen molar-refractivity contribution in [3.63, 3.8) is 0 Å². The summed E-state index contributed by atoms with van der Waals surface area (Å²) < 4.78 is 0. The molecule has 128 valence electrons. The van der Waals surface area contributed by atoms with Crippen LogP contribution in [-0.2, 0) is 11.2 Å². The standard InChI is InChI=1S/C20H26N2OS/c1-15(2)18-8-4-6-16(3)20(18)22-11-9-21(10-12-22)19(23)14-17-7-5-13-24-17/h4-8,13,15H,9-12,14H2,1-3H3. The number of carbonyl (C=O) groups is 1. The van der Waals surface area contributed by atoms with E-state index >= 15 is 0 Å². The SMILES string of the molecule is Cc1cccc(C(C)C)c1N1CCN(C(=O)Cc2cccs2)CC1. The number of anilines is 1. The summed E-state index contributed by atoms with van der Waals surface area (Å²) in [6, 6.07) is 10.6. The average molecular weight is 343 g/mol. The fourth-order valence-corrected chi connectivity index (χ4v) is 4.13. The molecule has 0 spiro atoms. The number of para-hydroxylation sites is 1. The number of nitrogens with zero attached hydrogens (tertiary/aromatic N) is 2. The van der Waals surface area contributed by atoms with Crippen LogP contribution in [0.3, 0.4) is 0 Å². The molecule has 0 bridgehead atoms. The predicted octanol–water partition coefficient (Wildman–Crippen LogP) is 4.07. The van der Waals surface area contributed by atoms with E-state index in [1.165, 1.54) is 16.8 Å². The van der Waals surface area contributed by atoms with E-state index in [1.54, 1.807) is 11.3 Å². The molecule has 3 nitrogen and oxygen atoms in total. The summed E-state index contributed by atoms with van der Waals surface area (Å²) >= 11 is 1.66. The number of hydrogen-bond acceptors (Lipinski definition) is 3. The Balaban J connectivity index is 1.66. The second-order valence-electron chi connectivity index (χ2n) is 6.79. The summed E-state index contributed by atoms with van der Waals surface area (Å²) in [5, 5.41) is 2.03. The van der Waals surface area contributed by atoms with Gasteiger partial charge in [0.2, 0.25) is 5.91 Å². The molecule has 0 unspecified atom stereocenters. The van der Waals surface area contributed by atoms with Crippen LogP contribution in [0.1, 0.15) is 35.8 Å². The molecular weight excluding hydrogens is 316 g/mol. The van der Waals surface area contributed by atoms with Crippen molar-refractivity contribution >= 4 is 22.9 Å². The van der Waals surface area contributed by atoms with Crippen molar-refractivity contribution in [2.24, 2.45) is 0 Å². The largest absolute Gasteiger partial charge is 0.368 e. The highest BCUT2D eigenvalue weighted by Gasteiger charge is 2.24. The van der Waals surface area contributed by atoms with E-state index in [4.69, 9.17) is 0 Å². The maximum absolute atomic E-state index is 12.5. The maximum Gasteiger partial charge on any atom is 0.227 e. The van der Waals surface area contributed by atoms with Crippen LogP contribution < -0.4 is 4.90 Å². The van der Waals surface area contributed by atoms with E-state index < -0.39 is 0 Å².